The van der Waals surface area contributed by atoms with E-state index in [0.717, 1.165) is 11.1 Å². The Morgan fingerprint density at radius 3 is 1.52 bits per heavy atom. The first-order valence-corrected chi connectivity index (χ1v) is 7.51. The van der Waals surface area contributed by atoms with E-state index >= 15 is 0 Å². The van der Waals surface area contributed by atoms with Crippen LogP contribution in [0.25, 0.3) is 0 Å². The van der Waals surface area contributed by atoms with Crippen molar-refractivity contribution in [1.82, 2.24) is 0 Å². The molecule has 114 valence electrons. The normalized spacial score (nSPS) is 10.5. The Kier molecular flexibility index (Phi) is 4.50. The zero-order valence-electron chi connectivity index (χ0n) is 12.7. The van der Waals surface area contributed by atoms with Gasteiger partial charge in [0, 0.05) is 0 Å². The highest BCUT2D eigenvalue weighted by Gasteiger charge is 2.26. The van der Waals surface area contributed by atoms with Crippen molar-refractivity contribution < 1.29 is 4.79 Å². The van der Waals surface area contributed by atoms with Gasteiger partial charge in [-0.25, -0.2) is 10.9 Å². The van der Waals surface area contributed by atoms with Crippen molar-refractivity contribution >= 4 is 11.6 Å². The molecule has 0 bridgehead atoms. The molecule has 0 aliphatic rings. The van der Waals surface area contributed by atoms with E-state index in [0.29, 0.717) is 5.69 Å². The Bertz CT molecular complexity index is 718. The number of amides is 1. The van der Waals surface area contributed by atoms with E-state index in [1.54, 1.807) is 0 Å². The topological polar surface area (TPSA) is 46.3 Å². The third-order valence-corrected chi connectivity index (χ3v) is 3.78. The van der Waals surface area contributed by atoms with E-state index in [9.17, 15) is 4.79 Å². The molecule has 0 fully saturated rings. The quantitative estimate of drug-likeness (QED) is 0.453. The van der Waals surface area contributed by atoms with Crippen LogP contribution in [-0.2, 0) is 4.79 Å². The molecule has 0 saturated carbocycles. The van der Waals surface area contributed by atoms with Crippen molar-refractivity contribution in [2.24, 2.45) is 5.84 Å². The number of rotatable bonds is 4. The number of nitrogens with two attached hydrogens (primary N) is 1. The second-order valence-corrected chi connectivity index (χ2v) is 5.30. The van der Waals surface area contributed by atoms with Crippen LogP contribution in [0.5, 0.6) is 0 Å². The molecule has 3 nitrogen and oxygen atoms in total. The predicted octanol–water partition coefficient (Wildman–Crippen LogP) is 3.73. The maximum absolute atomic E-state index is 13.0. The molecule has 0 heterocycles. The number of para-hydroxylation sites is 1. The number of carbonyl (C=O) groups is 1. The third kappa shape index (κ3) is 3.30. The lowest BCUT2D eigenvalue weighted by Crippen LogP contribution is -2.41. The fourth-order valence-electron chi connectivity index (χ4n) is 2.62. The van der Waals surface area contributed by atoms with Gasteiger partial charge in [-0.1, -0.05) is 78.9 Å². The maximum Gasteiger partial charge on any atom is 0.253 e. The second-order valence-electron chi connectivity index (χ2n) is 5.30. The van der Waals surface area contributed by atoms with Gasteiger partial charge < -0.3 is 0 Å². The Morgan fingerprint density at radius 2 is 1.09 bits per heavy atom. The predicted molar refractivity (Wildman–Crippen MR) is 92.8 cm³/mol. The number of carbonyl (C=O) groups excluding carboxylic acids is 1. The molecule has 3 rings (SSSR count). The first-order valence-electron chi connectivity index (χ1n) is 7.51. The lowest BCUT2D eigenvalue weighted by molar-refractivity contribution is -0.119. The minimum Gasteiger partial charge on any atom is -0.272 e. The summed E-state index contributed by atoms with van der Waals surface area (Å²) in [4.78, 5) is 13.0. The van der Waals surface area contributed by atoms with Crippen LogP contribution in [0.2, 0.25) is 0 Å². The molecule has 0 atom stereocenters. The first-order chi connectivity index (χ1) is 11.3. The lowest BCUT2D eigenvalue weighted by Gasteiger charge is -2.24. The van der Waals surface area contributed by atoms with Gasteiger partial charge >= 0.3 is 0 Å². The van der Waals surface area contributed by atoms with Crippen LogP contribution in [-0.4, -0.2) is 5.91 Å². The summed E-state index contributed by atoms with van der Waals surface area (Å²) in [5, 5.41) is 1.23. The molecule has 0 aliphatic carbocycles. The van der Waals surface area contributed by atoms with E-state index in [1.807, 2.05) is 91.0 Å². The number of hydrogen-bond donors (Lipinski definition) is 1. The zero-order valence-corrected chi connectivity index (χ0v) is 12.7. The van der Waals surface area contributed by atoms with Crippen LogP contribution >= 0.6 is 0 Å². The average Bonchev–Trinajstić information content (AvgIpc) is 2.64. The Labute approximate surface area is 136 Å². The van der Waals surface area contributed by atoms with Gasteiger partial charge in [0.15, 0.2) is 0 Å². The smallest absolute Gasteiger partial charge is 0.253 e. The Morgan fingerprint density at radius 1 is 0.696 bits per heavy atom. The van der Waals surface area contributed by atoms with Crippen molar-refractivity contribution in [1.29, 1.82) is 0 Å². The van der Waals surface area contributed by atoms with E-state index in [1.165, 1.54) is 5.01 Å². The van der Waals surface area contributed by atoms with Crippen LogP contribution < -0.4 is 10.9 Å². The summed E-state index contributed by atoms with van der Waals surface area (Å²) in [6.45, 7) is 0. The molecule has 0 spiro atoms. The van der Waals surface area contributed by atoms with Crippen molar-refractivity contribution in [3.63, 3.8) is 0 Å². The summed E-state index contributed by atoms with van der Waals surface area (Å²) >= 11 is 0. The molecule has 0 unspecified atom stereocenters. The monoisotopic (exact) mass is 302 g/mol. The van der Waals surface area contributed by atoms with Crippen molar-refractivity contribution in [3.05, 3.63) is 102 Å². The first kappa shape index (κ1) is 15.0. The maximum atomic E-state index is 13.0. The summed E-state index contributed by atoms with van der Waals surface area (Å²) in [6.07, 6.45) is 0. The summed E-state index contributed by atoms with van der Waals surface area (Å²) < 4.78 is 0. The molecular weight excluding hydrogens is 284 g/mol. The summed E-state index contributed by atoms with van der Waals surface area (Å²) in [7, 11) is 0. The molecule has 3 aromatic carbocycles. The summed E-state index contributed by atoms with van der Waals surface area (Å²) in [5.74, 6) is 5.51. The highest BCUT2D eigenvalue weighted by molar-refractivity contribution is 5.99. The lowest BCUT2D eigenvalue weighted by atomic mass is 9.90. The zero-order chi connectivity index (χ0) is 16.1. The van der Waals surface area contributed by atoms with Crippen molar-refractivity contribution in [3.8, 4) is 0 Å². The molecule has 0 saturated heterocycles. The third-order valence-electron chi connectivity index (χ3n) is 3.78. The van der Waals surface area contributed by atoms with Gasteiger partial charge in [0.1, 0.15) is 0 Å². The summed E-state index contributed by atoms with van der Waals surface area (Å²) in [6, 6.07) is 28.7. The SMILES string of the molecule is NN(C(=O)C(c1ccccc1)c1ccccc1)c1ccccc1. The van der Waals surface area contributed by atoms with Crippen molar-refractivity contribution in [2.45, 2.75) is 5.92 Å². The van der Waals surface area contributed by atoms with E-state index < -0.39 is 5.92 Å². The van der Waals surface area contributed by atoms with Crippen LogP contribution in [0, 0.1) is 0 Å². The van der Waals surface area contributed by atoms with Gasteiger partial charge in [0.2, 0.25) is 0 Å². The molecular formula is C20H18N2O. The highest BCUT2D eigenvalue weighted by Crippen LogP contribution is 2.27. The van der Waals surface area contributed by atoms with Crippen LogP contribution in [0.1, 0.15) is 17.0 Å². The Hall–Kier alpha value is -2.91. The Balaban J connectivity index is 2.00. The average molecular weight is 302 g/mol. The second kappa shape index (κ2) is 6.90. The van der Waals surface area contributed by atoms with Crippen molar-refractivity contribution in [2.75, 3.05) is 5.01 Å². The van der Waals surface area contributed by atoms with Gasteiger partial charge in [0.25, 0.3) is 5.91 Å². The fraction of sp³-hybridized carbons (Fsp3) is 0.0500. The van der Waals surface area contributed by atoms with Crippen LogP contribution in [0.4, 0.5) is 5.69 Å². The molecule has 3 heteroatoms. The van der Waals surface area contributed by atoms with Gasteiger partial charge in [-0.15, -0.1) is 0 Å². The minimum atomic E-state index is -0.428. The molecule has 0 aromatic heterocycles. The standard InChI is InChI=1S/C20H18N2O/c21-22(18-14-8-3-9-15-18)20(23)19(16-10-4-1-5-11-16)17-12-6-2-7-13-17/h1-15,19H,21H2. The number of hydrogen-bond acceptors (Lipinski definition) is 2. The van der Waals surface area contributed by atoms with E-state index in [2.05, 4.69) is 0 Å². The number of benzene rings is 3. The van der Waals surface area contributed by atoms with Gasteiger partial charge in [-0.05, 0) is 23.3 Å². The molecule has 0 radical (unpaired) electrons. The number of anilines is 1. The minimum absolute atomic E-state index is 0.159. The van der Waals surface area contributed by atoms with Gasteiger partial charge in [-0.2, -0.15) is 0 Å². The number of nitrogens with zero attached hydrogens (tertiary/aromatic N) is 1. The van der Waals surface area contributed by atoms with Crippen LogP contribution in [0.15, 0.2) is 91.0 Å². The van der Waals surface area contributed by atoms with E-state index in [-0.39, 0.29) is 5.91 Å². The van der Waals surface area contributed by atoms with E-state index in [4.69, 9.17) is 5.84 Å². The molecule has 0 aliphatic heterocycles. The molecule has 2 N–H and O–H groups in total. The highest BCUT2D eigenvalue weighted by atomic mass is 16.2. The molecule has 3 aromatic rings. The number of hydrazine groups is 1. The van der Waals surface area contributed by atoms with Gasteiger partial charge in [-0.3, -0.25) is 4.79 Å². The van der Waals surface area contributed by atoms with Gasteiger partial charge in [0.05, 0.1) is 11.6 Å². The fourth-order valence-corrected chi connectivity index (χ4v) is 2.62. The largest absolute Gasteiger partial charge is 0.272 e. The summed E-state index contributed by atoms with van der Waals surface area (Å²) in [5.41, 5.74) is 2.53. The molecule has 23 heavy (non-hydrogen) atoms. The molecule has 1 amide bonds. The van der Waals surface area contributed by atoms with Crippen LogP contribution in [0.3, 0.4) is 0 Å².